The summed E-state index contributed by atoms with van der Waals surface area (Å²) >= 11 is 19.1. The maximum atomic E-state index is 14.0. The van der Waals surface area contributed by atoms with Crippen LogP contribution in [0.15, 0.2) is 65.6 Å². The van der Waals surface area contributed by atoms with Crippen molar-refractivity contribution in [2.45, 2.75) is 44.7 Å². The largest absolute Gasteiger partial charge is 0.357 e. The van der Waals surface area contributed by atoms with Gasteiger partial charge in [-0.3, -0.25) is 13.9 Å². The summed E-state index contributed by atoms with van der Waals surface area (Å²) in [6, 6.07) is 15.1. The number of aryl methyl sites for hydroxylation is 2. The van der Waals surface area contributed by atoms with Crippen LogP contribution in [0.3, 0.4) is 0 Å². The Kier molecular flexibility index (Phi) is 10.3. The average Bonchev–Trinajstić information content (AvgIpc) is 2.90. The molecule has 0 radical (unpaired) electrons. The maximum absolute atomic E-state index is 14.0. The first-order valence-corrected chi connectivity index (χ1v) is 14.8. The van der Waals surface area contributed by atoms with Crippen molar-refractivity contribution in [2.75, 3.05) is 17.9 Å². The van der Waals surface area contributed by atoms with Crippen molar-refractivity contribution >= 4 is 62.3 Å². The molecule has 3 rings (SSSR count). The van der Waals surface area contributed by atoms with Crippen LogP contribution in [-0.2, 0) is 26.2 Å². The minimum Gasteiger partial charge on any atom is -0.357 e. The highest BCUT2D eigenvalue weighted by atomic mass is 35.5. The number of benzene rings is 3. The van der Waals surface area contributed by atoms with Crippen molar-refractivity contribution in [3.8, 4) is 0 Å². The fourth-order valence-corrected chi connectivity index (χ4v) is 6.14. The van der Waals surface area contributed by atoms with Crippen molar-refractivity contribution in [3.05, 3.63) is 92.4 Å². The Bertz CT molecular complexity index is 1440. The van der Waals surface area contributed by atoms with Gasteiger partial charge in [0.15, 0.2) is 0 Å². The summed E-state index contributed by atoms with van der Waals surface area (Å²) < 4.78 is 28.8. The maximum Gasteiger partial charge on any atom is 0.264 e. The number of amides is 2. The molecule has 3 aromatic carbocycles. The number of anilines is 1. The number of hydrogen-bond donors (Lipinski definition) is 1. The van der Waals surface area contributed by atoms with Gasteiger partial charge in [0.2, 0.25) is 11.8 Å². The van der Waals surface area contributed by atoms with Gasteiger partial charge in [-0.25, -0.2) is 8.42 Å². The van der Waals surface area contributed by atoms with Crippen LogP contribution in [0, 0.1) is 13.8 Å². The minimum absolute atomic E-state index is 0.0108. The number of rotatable bonds is 10. The first kappa shape index (κ1) is 30.8. The lowest BCUT2D eigenvalue weighted by Crippen LogP contribution is -2.51. The lowest BCUT2D eigenvalue weighted by Gasteiger charge is -2.33. The van der Waals surface area contributed by atoms with Crippen LogP contribution >= 0.6 is 34.8 Å². The van der Waals surface area contributed by atoms with Crippen LogP contribution in [0.2, 0.25) is 15.1 Å². The molecule has 0 fully saturated rings. The number of carbonyl (C=O) groups is 2. The molecule has 208 valence electrons. The minimum atomic E-state index is -4.20. The van der Waals surface area contributed by atoms with Crippen LogP contribution in [0.1, 0.15) is 30.0 Å². The number of hydrogen-bond acceptors (Lipinski definition) is 4. The molecule has 2 amide bonds. The summed E-state index contributed by atoms with van der Waals surface area (Å²) in [5.74, 6) is -1.02. The van der Waals surface area contributed by atoms with E-state index in [-0.39, 0.29) is 23.5 Å². The van der Waals surface area contributed by atoms with Crippen molar-refractivity contribution < 1.29 is 18.0 Å². The van der Waals surface area contributed by atoms with Crippen LogP contribution in [-0.4, -0.2) is 44.8 Å². The summed E-state index contributed by atoms with van der Waals surface area (Å²) in [5, 5.41) is 3.57. The Morgan fingerprint density at radius 1 is 0.923 bits per heavy atom. The number of nitrogens with one attached hydrogen (secondary N) is 1. The van der Waals surface area contributed by atoms with Gasteiger partial charge in [-0.05, 0) is 62.2 Å². The van der Waals surface area contributed by atoms with E-state index in [0.717, 1.165) is 15.4 Å². The van der Waals surface area contributed by atoms with Gasteiger partial charge >= 0.3 is 0 Å². The second-order valence-electron chi connectivity index (χ2n) is 9.02. The van der Waals surface area contributed by atoms with E-state index < -0.39 is 34.4 Å². The Hall–Kier alpha value is -2.78. The molecule has 0 spiro atoms. The quantitative estimate of drug-likeness (QED) is 0.305. The van der Waals surface area contributed by atoms with Crippen molar-refractivity contribution in [1.29, 1.82) is 0 Å². The van der Waals surface area contributed by atoms with Gasteiger partial charge in [-0.2, -0.15) is 0 Å². The first-order chi connectivity index (χ1) is 18.4. The Morgan fingerprint density at radius 3 is 2.08 bits per heavy atom. The standard InChI is InChI=1S/C28H30Cl3N3O4S/c1-5-26(28(36)32-4)33(16-22-23(29)7-6-8-24(22)30)27(35)17-34(20-12-11-19(3)25(31)15-20)39(37,38)21-13-9-18(2)10-14-21/h6-15,26H,5,16-17H2,1-4H3,(H,32,36). The van der Waals surface area contributed by atoms with Crippen molar-refractivity contribution in [2.24, 2.45) is 0 Å². The van der Waals surface area contributed by atoms with E-state index in [4.69, 9.17) is 34.8 Å². The molecule has 0 heterocycles. The highest BCUT2D eigenvalue weighted by Gasteiger charge is 2.34. The number of halogens is 3. The van der Waals surface area contributed by atoms with Gasteiger partial charge in [0.1, 0.15) is 12.6 Å². The van der Waals surface area contributed by atoms with Crippen LogP contribution in [0.4, 0.5) is 5.69 Å². The third-order valence-corrected chi connectivity index (χ3v) is 9.26. The van der Waals surface area contributed by atoms with Crippen LogP contribution < -0.4 is 9.62 Å². The van der Waals surface area contributed by atoms with E-state index in [1.807, 2.05) is 6.92 Å². The molecule has 1 N–H and O–H groups in total. The molecule has 11 heteroatoms. The highest BCUT2D eigenvalue weighted by molar-refractivity contribution is 7.92. The van der Waals surface area contributed by atoms with Gasteiger partial charge in [-0.15, -0.1) is 0 Å². The molecule has 3 aromatic rings. The Labute approximate surface area is 244 Å². The average molecular weight is 611 g/mol. The molecule has 0 aromatic heterocycles. The molecule has 0 aliphatic rings. The molecular weight excluding hydrogens is 581 g/mol. The fourth-order valence-electron chi connectivity index (χ4n) is 4.04. The molecule has 0 aliphatic carbocycles. The second-order valence-corrected chi connectivity index (χ2v) is 12.1. The van der Waals surface area contributed by atoms with Crippen LogP contribution in [0.25, 0.3) is 0 Å². The number of sulfonamides is 1. The molecule has 39 heavy (non-hydrogen) atoms. The zero-order valence-electron chi connectivity index (χ0n) is 22.0. The highest BCUT2D eigenvalue weighted by Crippen LogP contribution is 2.30. The van der Waals surface area contributed by atoms with Gasteiger partial charge in [0, 0.05) is 34.2 Å². The first-order valence-electron chi connectivity index (χ1n) is 12.2. The summed E-state index contributed by atoms with van der Waals surface area (Å²) in [6.45, 7) is 4.70. The second kappa shape index (κ2) is 13.0. The topological polar surface area (TPSA) is 86.8 Å². The van der Waals surface area contributed by atoms with Gasteiger partial charge in [0.25, 0.3) is 10.0 Å². The summed E-state index contributed by atoms with van der Waals surface area (Å²) in [7, 11) is -2.73. The molecule has 0 saturated carbocycles. The monoisotopic (exact) mass is 609 g/mol. The van der Waals surface area contributed by atoms with Gasteiger partial charge in [-0.1, -0.05) is 71.6 Å². The van der Waals surface area contributed by atoms with Crippen LogP contribution in [0.5, 0.6) is 0 Å². The van der Waals surface area contributed by atoms with Gasteiger partial charge < -0.3 is 10.2 Å². The third-order valence-electron chi connectivity index (χ3n) is 6.35. The summed E-state index contributed by atoms with van der Waals surface area (Å²) in [4.78, 5) is 28.1. The smallest absolute Gasteiger partial charge is 0.264 e. The van der Waals surface area contributed by atoms with Crippen molar-refractivity contribution in [1.82, 2.24) is 10.2 Å². The van der Waals surface area contributed by atoms with Crippen molar-refractivity contribution in [3.63, 3.8) is 0 Å². The lowest BCUT2D eigenvalue weighted by molar-refractivity contribution is -0.140. The van der Waals surface area contributed by atoms with E-state index in [2.05, 4.69) is 5.32 Å². The number of carbonyl (C=O) groups excluding carboxylic acids is 2. The SMILES string of the molecule is CCC(C(=O)NC)N(Cc1c(Cl)cccc1Cl)C(=O)CN(c1ccc(C)c(Cl)c1)S(=O)(=O)c1ccc(C)cc1. The van der Waals surface area contributed by atoms with E-state index in [9.17, 15) is 18.0 Å². The molecule has 0 aliphatic heterocycles. The van der Waals surface area contributed by atoms with E-state index >= 15 is 0 Å². The predicted molar refractivity (Wildman–Crippen MR) is 157 cm³/mol. The molecule has 0 bridgehead atoms. The zero-order valence-corrected chi connectivity index (χ0v) is 25.1. The lowest BCUT2D eigenvalue weighted by atomic mass is 10.1. The molecule has 7 nitrogen and oxygen atoms in total. The molecule has 1 atom stereocenters. The third kappa shape index (κ3) is 7.06. The van der Waals surface area contributed by atoms with E-state index in [0.29, 0.717) is 20.6 Å². The van der Waals surface area contributed by atoms with Gasteiger partial charge in [0.05, 0.1) is 10.6 Å². The molecule has 0 saturated heterocycles. The Morgan fingerprint density at radius 2 is 1.54 bits per heavy atom. The summed E-state index contributed by atoms with van der Waals surface area (Å²) in [6.07, 6.45) is 0.272. The van der Waals surface area contributed by atoms with E-state index in [1.54, 1.807) is 56.3 Å². The predicted octanol–water partition coefficient (Wildman–Crippen LogP) is 6.01. The Balaban J connectivity index is 2.12. The normalized spacial score (nSPS) is 12.1. The molecular formula is C28H30Cl3N3O4S. The van der Waals surface area contributed by atoms with E-state index in [1.165, 1.54) is 30.1 Å². The zero-order chi connectivity index (χ0) is 28.9. The number of nitrogens with zero attached hydrogens (tertiary/aromatic N) is 2. The number of likely N-dealkylation sites (N-methyl/N-ethyl adjacent to an activating group) is 1. The summed E-state index contributed by atoms with van der Waals surface area (Å²) in [5.41, 5.74) is 2.29. The fraction of sp³-hybridized carbons (Fsp3) is 0.286. The molecule has 1 unspecified atom stereocenters.